The number of carbonyl (C=O) groups is 2. The predicted octanol–water partition coefficient (Wildman–Crippen LogP) is 3.45. The Morgan fingerprint density at radius 2 is 1.90 bits per heavy atom. The zero-order valence-corrected chi connectivity index (χ0v) is 23.8. The minimum atomic E-state index is -0.998. The normalized spacial score (nSPS) is 30.8. The fourth-order valence-electron chi connectivity index (χ4n) is 5.79. The van der Waals surface area contributed by atoms with Gasteiger partial charge in [0.1, 0.15) is 41.5 Å². The van der Waals surface area contributed by atoms with Crippen LogP contribution in [-0.4, -0.2) is 64.3 Å². The summed E-state index contributed by atoms with van der Waals surface area (Å²) < 4.78 is 17.9. The minimum Gasteiger partial charge on any atom is -0.490 e. The Balaban J connectivity index is 1.51. The number of para-hydroxylation sites is 1. The SMILES string of the molecule is CC[C@]1(C)CC(=O)N([C@H]2c3cc(C(=O)N[C@@H]4c5ccccc5OC(C)(C)[C@H]4O)ccc3OCC2(C)OC)C(=N)N1. The maximum atomic E-state index is 13.7. The van der Waals surface area contributed by atoms with Crippen LogP contribution in [0.2, 0.25) is 0 Å². The van der Waals surface area contributed by atoms with Gasteiger partial charge in [0.15, 0.2) is 5.96 Å². The molecule has 214 valence electrons. The molecule has 0 saturated carbocycles. The number of amides is 2. The molecule has 1 fully saturated rings. The van der Waals surface area contributed by atoms with Gasteiger partial charge in [-0.2, -0.15) is 0 Å². The second-order valence-electron chi connectivity index (χ2n) is 11.9. The number of fused-ring (bicyclic) bond motifs is 2. The van der Waals surface area contributed by atoms with Crippen molar-refractivity contribution in [2.24, 2.45) is 0 Å². The zero-order chi connectivity index (χ0) is 29.0. The summed E-state index contributed by atoms with van der Waals surface area (Å²) >= 11 is 0. The molecule has 1 saturated heterocycles. The highest BCUT2D eigenvalue weighted by molar-refractivity contribution is 6.00. The lowest BCUT2D eigenvalue weighted by molar-refractivity contribution is -0.144. The van der Waals surface area contributed by atoms with E-state index in [-0.39, 0.29) is 24.9 Å². The first-order valence-corrected chi connectivity index (χ1v) is 13.6. The number of hydrogen-bond donors (Lipinski definition) is 4. The molecule has 3 aliphatic heterocycles. The van der Waals surface area contributed by atoms with Crippen molar-refractivity contribution < 1.29 is 28.9 Å². The first-order chi connectivity index (χ1) is 18.8. The second-order valence-corrected chi connectivity index (χ2v) is 11.9. The molecule has 5 atom stereocenters. The summed E-state index contributed by atoms with van der Waals surface area (Å²) in [6, 6.07) is 10.9. The van der Waals surface area contributed by atoms with Gasteiger partial charge in [0, 0.05) is 29.3 Å². The smallest absolute Gasteiger partial charge is 0.251 e. The average molecular weight is 551 g/mol. The number of hydrogen-bond acceptors (Lipinski definition) is 7. The molecule has 3 aliphatic rings. The number of nitrogens with zero attached hydrogens (tertiary/aromatic N) is 1. The van der Waals surface area contributed by atoms with Crippen molar-refractivity contribution in [1.82, 2.24) is 15.5 Å². The van der Waals surface area contributed by atoms with E-state index in [0.717, 1.165) is 0 Å². The quantitative estimate of drug-likeness (QED) is 0.448. The maximum Gasteiger partial charge on any atom is 0.251 e. The van der Waals surface area contributed by atoms with Crippen LogP contribution in [0, 0.1) is 5.41 Å². The van der Waals surface area contributed by atoms with Crippen LogP contribution in [-0.2, 0) is 9.53 Å². The van der Waals surface area contributed by atoms with Gasteiger partial charge in [-0.3, -0.25) is 19.9 Å². The Labute approximate surface area is 234 Å². The molecule has 5 rings (SSSR count). The molecule has 2 aromatic rings. The number of guanidine groups is 1. The lowest BCUT2D eigenvalue weighted by Crippen LogP contribution is -2.65. The fraction of sp³-hybridized carbons (Fsp3) is 0.500. The van der Waals surface area contributed by atoms with Crippen LogP contribution in [0.4, 0.5) is 0 Å². The molecule has 4 N–H and O–H groups in total. The third kappa shape index (κ3) is 4.58. The number of carbonyl (C=O) groups excluding carboxylic acids is 2. The van der Waals surface area contributed by atoms with Crippen molar-refractivity contribution in [2.75, 3.05) is 13.7 Å². The summed E-state index contributed by atoms with van der Waals surface area (Å²) in [7, 11) is 1.55. The Hall–Kier alpha value is -3.63. The number of aliphatic hydroxyl groups is 1. The van der Waals surface area contributed by atoms with Gasteiger partial charge in [-0.15, -0.1) is 0 Å². The van der Waals surface area contributed by atoms with Crippen LogP contribution in [0.1, 0.15) is 81.0 Å². The summed E-state index contributed by atoms with van der Waals surface area (Å²) in [5.41, 5.74) is -0.841. The lowest BCUT2D eigenvalue weighted by atomic mass is 9.83. The van der Waals surface area contributed by atoms with Crippen LogP contribution < -0.4 is 20.1 Å². The van der Waals surface area contributed by atoms with Gasteiger partial charge in [-0.25, -0.2) is 0 Å². The van der Waals surface area contributed by atoms with E-state index in [1.54, 1.807) is 39.2 Å². The molecule has 3 heterocycles. The van der Waals surface area contributed by atoms with Crippen LogP contribution in [0.25, 0.3) is 0 Å². The first kappa shape index (κ1) is 27.9. The van der Waals surface area contributed by atoms with E-state index in [9.17, 15) is 14.7 Å². The molecule has 0 spiro atoms. The van der Waals surface area contributed by atoms with Crippen molar-refractivity contribution in [3.8, 4) is 11.5 Å². The first-order valence-electron chi connectivity index (χ1n) is 13.6. The van der Waals surface area contributed by atoms with Crippen LogP contribution in [0.3, 0.4) is 0 Å². The molecule has 10 heteroatoms. The van der Waals surface area contributed by atoms with Gasteiger partial charge >= 0.3 is 0 Å². The Bertz CT molecular complexity index is 1340. The van der Waals surface area contributed by atoms with E-state index < -0.39 is 40.8 Å². The van der Waals surface area contributed by atoms with E-state index in [4.69, 9.17) is 19.6 Å². The Morgan fingerprint density at radius 1 is 1.18 bits per heavy atom. The number of rotatable bonds is 5. The number of aliphatic hydroxyl groups excluding tert-OH is 1. The van der Waals surface area contributed by atoms with E-state index in [1.165, 1.54) is 4.90 Å². The van der Waals surface area contributed by atoms with Crippen molar-refractivity contribution in [3.05, 3.63) is 59.2 Å². The molecule has 0 aliphatic carbocycles. The fourth-order valence-corrected chi connectivity index (χ4v) is 5.79. The largest absolute Gasteiger partial charge is 0.490 e. The van der Waals surface area contributed by atoms with Gasteiger partial charge < -0.3 is 30.0 Å². The van der Waals surface area contributed by atoms with Gasteiger partial charge in [-0.1, -0.05) is 25.1 Å². The topological polar surface area (TPSA) is 133 Å². The van der Waals surface area contributed by atoms with E-state index in [1.807, 2.05) is 45.0 Å². The molecule has 0 radical (unpaired) electrons. The van der Waals surface area contributed by atoms with Gasteiger partial charge in [-0.05, 0) is 58.4 Å². The molecule has 1 unspecified atom stereocenters. The van der Waals surface area contributed by atoms with Crippen molar-refractivity contribution in [2.45, 2.75) is 82.4 Å². The second kappa shape index (κ2) is 9.78. The predicted molar refractivity (Wildman–Crippen MR) is 148 cm³/mol. The summed E-state index contributed by atoms with van der Waals surface area (Å²) in [5, 5.41) is 26.1. The number of ether oxygens (including phenoxy) is 3. The van der Waals surface area contributed by atoms with Gasteiger partial charge in [0.25, 0.3) is 5.91 Å². The van der Waals surface area contributed by atoms with E-state index >= 15 is 0 Å². The zero-order valence-electron chi connectivity index (χ0n) is 23.8. The third-order valence-corrected chi connectivity index (χ3v) is 8.58. The Kier molecular flexibility index (Phi) is 6.82. The average Bonchev–Trinajstić information content (AvgIpc) is 2.91. The van der Waals surface area contributed by atoms with Gasteiger partial charge in [0.2, 0.25) is 5.91 Å². The lowest BCUT2D eigenvalue weighted by Gasteiger charge is -2.50. The van der Waals surface area contributed by atoms with Crippen molar-refractivity contribution in [1.29, 1.82) is 5.41 Å². The van der Waals surface area contributed by atoms with E-state index in [0.29, 0.717) is 34.6 Å². The molecule has 40 heavy (non-hydrogen) atoms. The maximum absolute atomic E-state index is 13.7. The van der Waals surface area contributed by atoms with Crippen molar-refractivity contribution >= 4 is 17.8 Å². The molecular weight excluding hydrogens is 512 g/mol. The number of methoxy groups -OCH3 is 1. The highest BCUT2D eigenvalue weighted by Gasteiger charge is 2.51. The summed E-state index contributed by atoms with van der Waals surface area (Å²) in [5.74, 6) is 0.498. The summed E-state index contributed by atoms with van der Waals surface area (Å²) in [4.78, 5) is 28.6. The summed E-state index contributed by atoms with van der Waals surface area (Å²) in [6.45, 7) is 9.46. The highest BCUT2D eigenvalue weighted by atomic mass is 16.5. The van der Waals surface area contributed by atoms with Gasteiger partial charge in [0.05, 0.1) is 12.5 Å². The standard InChI is InChI=1S/C30H38N4O6/c1-7-29(4)15-22(35)34(27(31)33-29)24-19-14-17(12-13-20(19)39-16-30(24,5)38-6)26(37)32-23-18-10-8-9-11-21(18)40-28(2,3)25(23)36/h8-14,23-25,36H,7,15-16H2,1-6H3,(H2,31,33)(H,32,37)/t23-,24+,25+,29-,30?/m1/s1. The minimum absolute atomic E-state index is 0.0132. The number of nitrogens with one attached hydrogen (secondary N) is 3. The van der Waals surface area contributed by atoms with E-state index in [2.05, 4.69) is 10.6 Å². The number of benzene rings is 2. The molecule has 0 bridgehead atoms. The van der Waals surface area contributed by atoms with Crippen LogP contribution >= 0.6 is 0 Å². The molecular formula is C30H38N4O6. The van der Waals surface area contributed by atoms with Crippen LogP contribution in [0.15, 0.2) is 42.5 Å². The molecule has 10 nitrogen and oxygen atoms in total. The van der Waals surface area contributed by atoms with Crippen molar-refractivity contribution in [3.63, 3.8) is 0 Å². The van der Waals surface area contributed by atoms with Crippen LogP contribution in [0.5, 0.6) is 11.5 Å². The highest BCUT2D eigenvalue weighted by Crippen LogP contribution is 2.45. The molecule has 2 amide bonds. The Morgan fingerprint density at radius 3 is 2.58 bits per heavy atom. The molecule has 2 aromatic carbocycles. The summed E-state index contributed by atoms with van der Waals surface area (Å²) in [6.07, 6.45) is -0.0966. The molecule has 0 aromatic heterocycles. The third-order valence-electron chi connectivity index (χ3n) is 8.58. The monoisotopic (exact) mass is 550 g/mol.